The van der Waals surface area contributed by atoms with E-state index in [1.54, 1.807) is 5.70 Å². The number of rotatable bonds is 1. The van der Waals surface area contributed by atoms with Crippen LogP contribution in [-0.4, -0.2) is 42.5 Å². The number of hydrogen-bond donors (Lipinski definition) is 0. The van der Waals surface area contributed by atoms with Crippen molar-refractivity contribution in [3.05, 3.63) is 23.4 Å². The molecule has 0 bridgehead atoms. The zero-order chi connectivity index (χ0) is 10.8. The second kappa shape index (κ2) is 4.40. The SMILES string of the molecule is CC1=CC=C(N2CCN(C)C(C)C2)CC1. The van der Waals surface area contributed by atoms with Crippen LogP contribution in [0.3, 0.4) is 0 Å². The minimum atomic E-state index is 0.687. The molecule has 1 saturated heterocycles. The Labute approximate surface area is 93.2 Å². The van der Waals surface area contributed by atoms with Crippen LogP contribution < -0.4 is 0 Å². The molecule has 1 fully saturated rings. The van der Waals surface area contributed by atoms with Gasteiger partial charge in [0.1, 0.15) is 0 Å². The quantitative estimate of drug-likeness (QED) is 0.649. The van der Waals surface area contributed by atoms with Gasteiger partial charge in [-0.1, -0.05) is 11.6 Å². The Kier molecular flexibility index (Phi) is 3.15. The summed E-state index contributed by atoms with van der Waals surface area (Å²) < 4.78 is 0. The topological polar surface area (TPSA) is 6.48 Å². The van der Waals surface area contributed by atoms with Crippen molar-refractivity contribution in [3.63, 3.8) is 0 Å². The largest absolute Gasteiger partial charge is 0.372 e. The lowest BCUT2D eigenvalue weighted by molar-refractivity contribution is 0.127. The van der Waals surface area contributed by atoms with Crippen LogP contribution in [0.15, 0.2) is 23.4 Å². The molecule has 0 aromatic rings. The zero-order valence-corrected chi connectivity index (χ0v) is 10.2. The number of hydrogen-bond acceptors (Lipinski definition) is 2. The van der Waals surface area contributed by atoms with E-state index in [1.165, 1.54) is 38.0 Å². The summed E-state index contributed by atoms with van der Waals surface area (Å²) in [5, 5.41) is 0. The van der Waals surface area contributed by atoms with Gasteiger partial charge in [0.2, 0.25) is 0 Å². The van der Waals surface area contributed by atoms with E-state index < -0.39 is 0 Å². The van der Waals surface area contributed by atoms with Gasteiger partial charge >= 0.3 is 0 Å². The zero-order valence-electron chi connectivity index (χ0n) is 10.2. The summed E-state index contributed by atoms with van der Waals surface area (Å²) in [5.41, 5.74) is 3.06. The number of allylic oxidation sites excluding steroid dienone is 4. The summed E-state index contributed by atoms with van der Waals surface area (Å²) >= 11 is 0. The smallest absolute Gasteiger partial charge is 0.0329 e. The van der Waals surface area contributed by atoms with Gasteiger partial charge in [-0.25, -0.2) is 0 Å². The Balaban J connectivity index is 2.00. The van der Waals surface area contributed by atoms with Gasteiger partial charge in [-0.15, -0.1) is 0 Å². The fourth-order valence-corrected chi connectivity index (χ4v) is 2.30. The summed E-state index contributed by atoms with van der Waals surface area (Å²) in [6.45, 7) is 8.12. The van der Waals surface area contributed by atoms with Crippen LogP contribution in [0.4, 0.5) is 0 Å². The van der Waals surface area contributed by atoms with Gasteiger partial charge in [0.05, 0.1) is 0 Å². The lowest BCUT2D eigenvalue weighted by Crippen LogP contribution is -2.49. The van der Waals surface area contributed by atoms with Crippen LogP contribution in [0.1, 0.15) is 26.7 Å². The van der Waals surface area contributed by atoms with E-state index in [4.69, 9.17) is 0 Å². The standard InChI is InChI=1S/C13H22N2/c1-11-4-6-13(7-5-11)15-9-8-14(3)12(2)10-15/h4,6,12H,5,7-10H2,1-3H3. The van der Waals surface area contributed by atoms with E-state index in [9.17, 15) is 0 Å². The first-order valence-corrected chi connectivity index (χ1v) is 5.98. The van der Waals surface area contributed by atoms with Gasteiger partial charge in [-0.3, -0.25) is 0 Å². The highest BCUT2D eigenvalue weighted by molar-refractivity contribution is 5.22. The molecule has 1 aliphatic heterocycles. The predicted octanol–water partition coefficient (Wildman–Crippen LogP) is 2.25. The minimum Gasteiger partial charge on any atom is -0.372 e. The summed E-state index contributed by atoms with van der Waals surface area (Å²) in [7, 11) is 2.22. The van der Waals surface area contributed by atoms with Crippen molar-refractivity contribution < 1.29 is 0 Å². The number of nitrogens with zero attached hydrogens (tertiary/aromatic N) is 2. The monoisotopic (exact) mass is 206 g/mol. The molecule has 1 heterocycles. The molecular weight excluding hydrogens is 184 g/mol. The van der Waals surface area contributed by atoms with Crippen molar-refractivity contribution in [2.45, 2.75) is 32.7 Å². The Morgan fingerprint density at radius 2 is 2.00 bits per heavy atom. The van der Waals surface area contributed by atoms with Crippen LogP contribution in [0.5, 0.6) is 0 Å². The Morgan fingerprint density at radius 3 is 2.60 bits per heavy atom. The maximum absolute atomic E-state index is 2.56. The summed E-state index contributed by atoms with van der Waals surface area (Å²) in [4.78, 5) is 5.01. The van der Waals surface area contributed by atoms with Crippen LogP contribution in [0.2, 0.25) is 0 Å². The molecule has 0 spiro atoms. The molecule has 0 radical (unpaired) electrons. The predicted molar refractivity (Wildman–Crippen MR) is 64.7 cm³/mol. The molecule has 0 amide bonds. The maximum atomic E-state index is 2.56. The molecule has 1 aliphatic carbocycles. The minimum absolute atomic E-state index is 0.687. The van der Waals surface area contributed by atoms with E-state index in [0.29, 0.717) is 6.04 Å². The van der Waals surface area contributed by atoms with E-state index in [-0.39, 0.29) is 0 Å². The van der Waals surface area contributed by atoms with Crippen LogP contribution in [0, 0.1) is 0 Å². The van der Waals surface area contributed by atoms with E-state index >= 15 is 0 Å². The van der Waals surface area contributed by atoms with Crippen molar-refractivity contribution in [2.24, 2.45) is 0 Å². The number of piperazine rings is 1. The van der Waals surface area contributed by atoms with Gasteiger partial charge in [0.15, 0.2) is 0 Å². The molecule has 2 heteroatoms. The van der Waals surface area contributed by atoms with Crippen LogP contribution in [-0.2, 0) is 0 Å². The lowest BCUT2D eigenvalue weighted by Gasteiger charge is -2.40. The molecule has 2 rings (SSSR count). The highest BCUT2D eigenvalue weighted by Gasteiger charge is 2.22. The van der Waals surface area contributed by atoms with Gasteiger partial charge in [0, 0.05) is 31.4 Å². The van der Waals surface area contributed by atoms with Crippen molar-refractivity contribution >= 4 is 0 Å². The van der Waals surface area contributed by atoms with Crippen molar-refractivity contribution in [1.82, 2.24) is 9.80 Å². The van der Waals surface area contributed by atoms with E-state index in [2.05, 4.69) is 42.8 Å². The Morgan fingerprint density at radius 1 is 1.20 bits per heavy atom. The third-order valence-corrected chi connectivity index (χ3v) is 3.70. The maximum Gasteiger partial charge on any atom is 0.0329 e. The second-order valence-corrected chi connectivity index (χ2v) is 4.95. The molecule has 0 aromatic carbocycles. The summed E-state index contributed by atoms with van der Waals surface area (Å²) in [5.74, 6) is 0. The molecule has 84 valence electrons. The lowest BCUT2D eigenvalue weighted by atomic mass is 10.0. The Hall–Kier alpha value is -0.760. The second-order valence-electron chi connectivity index (χ2n) is 4.95. The highest BCUT2D eigenvalue weighted by atomic mass is 15.3. The molecule has 15 heavy (non-hydrogen) atoms. The van der Waals surface area contributed by atoms with Crippen LogP contribution in [0.25, 0.3) is 0 Å². The molecule has 1 atom stereocenters. The van der Waals surface area contributed by atoms with Crippen molar-refractivity contribution in [2.75, 3.05) is 26.7 Å². The molecule has 1 unspecified atom stereocenters. The molecule has 2 aliphatic rings. The first kappa shape index (κ1) is 10.7. The van der Waals surface area contributed by atoms with Crippen molar-refractivity contribution in [3.8, 4) is 0 Å². The van der Waals surface area contributed by atoms with Gasteiger partial charge in [-0.2, -0.15) is 0 Å². The third-order valence-electron chi connectivity index (χ3n) is 3.70. The Bertz CT molecular complexity index is 291. The van der Waals surface area contributed by atoms with Crippen molar-refractivity contribution in [1.29, 1.82) is 0 Å². The van der Waals surface area contributed by atoms with Gasteiger partial charge in [0.25, 0.3) is 0 Å². The van der Waals surface area contributed by atoms with Gasteiger partial charge < -0.3 is 9.80 Å². The first-order chi connectivity index (χ1) is 7.16. The van der Waals surface area contributed by atoms with Crippen LogP contribution >= 0.6 is 0 Å². The average molecular weight is 206 g/mol. The summed E-state index contributed by atoms with van der Waals surface area (Å²) in [6.07, 6.45) is 7.07. The summed E-state index contributed by atoms with van der Waals surface area (Å²) in [6, 6.07) is 0.687. The van der Waals surface area contributed by atoms with E-state index in [1.807, 2.05) is 0 Å². The normalized spacial score (nSPS) is 28.7. The average Bonchev–Trinajstić information content (AvgIpc) is 2.23. The third kappa shape index (κ3) is 2.43. The molecule has 0 aromatic heterocycles. The fraction of sp³-hybridized carbons (Fsp3) is 0.692. The van der Waals surface area contributed by atoms with E-state index in [0.717, 1.165) is 0 Å². The molecule has 2 nitrogen and oxygen atoms in total. The highest BCUT2D eigenvalue weighted by Crippen LogP contribution is 2.23. The number of likely N-dealkylation sites (N-methyl/N-ethyl adjacent to an activating group) is 1. The molecule has 0 N–H and O–H groups in total. The van der Waals surface area contributed by atoms with Gasteiger partial charge in [-0.05, 0) is 39.8 Å². The fourth-order valence-electron chi connectivity index (χ4n) is 2.30. The first-order valence-electron chi connectivity index (χ1n) is 5.98. The molecule has 0 saturated carbocycles. The molecular formula is C13H22N2.